The SMILES string of the molecule is Nc1cc(OCc2ccccc2)cc(OCc2ccccc2)c1OC(=O)C(F)(F)F. The summed E-state index contributed by atoms with van der Waals surface area (Å²) in [5.74, 6) is -2.79. The van der Waals surface area contributed by atoms with Crippen LogP contribution in [0.5, 0.6) is 17.2 Å². The summed E-state index contributed by atoms with van der Waals surface area (Å²) in [5.41, 5.74) is 7.27. The molecule has 0 aromatic heterocycles. The zero-order valence-corrected chi connectivity index (χ0v) is 15.7. The van der Waals surface area contributed by atoms with Crippen LogP contribution in [0.15, 0.2) is 72.8 Å². The van der Waals surface area contributed by atoms with Crippen molar-refractivity contribution in [3.63, 3.8) is 0 Å². The maximum atomic E-state index is 12.7. The highest BCUT2D eigenvalue weighted by Gasteiger charge is 2.42. The second-order valence-corrected chi connectivity index (χ2v) is 6.28. The Morgan fingerprint density at radius 3 is 1.90 bits per heavy atom. The Morgan fingerprint density at radius 1 is 0.833 bits per heavy atom. The van der Waals surface area contributed by atoms with Gasteiger partial charge in [0.1, 0.15) is 19.0 Å². The van der Waals surface area contributed by atoms with Crippen LogP contribution in [0.2, 0.25) is 0 Å². The molecule has 3 aromatic carbocycles. The van der Waals surface area contributed by atoms with E-state index >= 15 is 0 Å². The number of alkyl halides is 3. The van der Waals surface area contributed by atoms with Gasteiger partial charge in [-0.25, -0.2) is 4.79 Å². The van der Waals surface area contributed by atoms with Gasteiger partial charge in [-0.15, -0.1) is 0 Å². The van der Waals surface area contributed by atoms with Crippen LogP contribution in [0.4, 0.5) is 18.9 Å². The molecule has 0 aliphatic carbocycles. The molecule has 8 heteroatoms. The molecule has 0 bridgehead atoms. The molecule has 3 rings (SSSR count). The number of ether oxygens (including phenoxy) is 3. The van der Waals surface area contributed by atoms with Crippen molar-refractivity contribution in [1.82, 2.24) is 0 Å². The first-order valence-electron chi connectivity index (χ1n) is 8.89. The summed E-state index contributed by atoms with van der Waals surface area (Å²) in [7, 11) is 0. The summed E-state index contributed by atoms with van der Waals surface area (Å²) in [6.07, 6.45) is -5.17. The van der Waals surface area contributed by atoms with E-state index in [-0.39, 0.29) is 30.4 Å². The fraction of sp³-hybridized carbons (Fsp3) is 0.136. The number of nitrogen functional groups attached to an aromatic ring is 1. The third-order valence-electron chi connectivity index (χ3n) is 3.97. The zero-order chi connectivity index (χ0) is 21.6. The zero-order valence-electron chi connectivity index (χ0n) is 15.7. The predicted molar refractivity (Wildman–Crippen MR) is 104 cm³/mol. The maximum Gasteiger partial charge on any atom is 0.491 e. The molecule has 0 amide bonds. The lowest BCUT2D eigenvalue weighted by Gasteiger charge is -2.16. The molecule has 2 N–H and O–H groups in total. The van der Waals surface area contributed by atoms with Gasteiger partial charge in [-0.1, -0.05) is 60.7 Å². The molecule has 0 unspecified atom stereocenters. The van der Waals surface area contributed by atoms with Crippen molar-refractivity contribution in [1.29, 1.82) is 0 Å². The van der Waals surface area contributed by atoms with E-state index in [1.807, 2.05) is 36.4 Å². The van der Waals surface area contributed by atoms with E-state index in [2.05, 4.69) is 4.74 Å². The number of halogens is 3. The molecule has 0 fully saturated rings. The highest BCUT2D eigenvalue weighted by Crippen LogP contribution is 2.39. The van der Waals surface area contributed by atoms with Crippen molar-refractivity contribution in [3.05, 3.63) is 83.9 Å². The molecule has 0 saturated heterocycles. The van der Waals surface area contributed by atoms with Crippen molar-refractivity contribution in [3.8, 4) is 17.2 Å². The number of nitrogens with two attached hydrogens (primary N) is 1. The number of anilines is 1. The molecular formula is C22H18F3NO4. The number of hydrogen-bond donors (Lipinski definition) is 1. The minimum atomic E-state index is -5.17. The lowest BCUT2D eigenvalue weighted by molar-refractivity contribution is -0.189. The molecule has 30 heavy (non-hydrogen) atoms. The van der Waals surface area contributed by atoms with Crippen LogP contribution < -0.4 is 19.9 Å². The molecule has 0 aliphatic heterocycles. The van der Waals surface area contributed by atoms with Gasteiger partial charge in [-0.3, -0.25) is 0 Å². The fourth-order valence-electron chi connectivity index (χ4n) is 2.52. The Labute approximate surface area is 170 Å². The van der Waals surface area contributed by atoms with Crippen molar-refractivity contribution in [2.75, 3.05) is 5.73 Å². The first-order valence-corrected chi connectivity index (χ1v) is 8.89. The summed E-state index contributed by atoms with van der Waals surface area (Å²) >= 11 is 0. The van der Waals surface area contributed by atoms with Gasteiger partial charge in [0, 0.05) is 12.1 Å². The lowest BCUT2D eigenvalue weighted by Crippen LogP contribution is -2.28. The monoisotopic (exact) mass is 417 g/mol. The van der Waals surface area contributed by atoms with Gasteiger partial charge >= 0.3 is 12.1 Å². The topological polar surface area (TPSA) is 70.8 Å². The van der Waals surface area contributed by atoms with Gasteiger partial charge in [-0.2, -0.15) is 13.2 Å². The summed E-state index contributed by atoms with van der Waals surface area (Å²) < 4.78 is 53.7. The highest BCUT2D eigenvalue weighted by atomic mass is 19.4. The van der Waals surface area contributed by atoms with Crippen molar-refractivity contribution in [2.24, 2.45) is 0 Å². The second kappa shape index (κ2) is 9.21. The summed E-state index contributed by atoms with van der Waals surface area (Å²) in [6, 6.07) is 20.8. The number of rotatable bonds is 7. The lowest BCUT2D eigenvalue weighted by atomic mass is 10.2. The number of benzene rings is 3. The maximum absolute atomic E-state index is 12.7. The van der Waals surface area contributed by atoms with Crippen LogP contribution in [-0.4, -0.2) is 12.1 Å². The van der Waals surface area contributed by atoms with Crippen molar-refractivity contribution >= 4 is 11.7 Å². The van der Waals surface area contributed by atoms with Crippen LogP contribution in [0.25, 0.3) is 0 Å². The van der Waals surface area contributed by atoms with Crippen LogP contribution >= 0.6 is 0 Å². The van der Waals surface area contributed by atoms with Crippen LogP contribution in [-0.2, 0) is 18.0 Å². The van der Waals surface area contributed by atoms with E-state index in [1.54, 1.807) is 24.3 Å². The fourth-order valence-corrected chi connectivity index (χ4v) is 2.52. The third kappa shape index (κ3) is 5.66. The quantitative estimate of drug-likeness (QED) is 0.337. The van der Waals surface area contributed by atoms with Gasteiger partial charge < -0.3 is 19.9 Å². The Kier molecular flexibility index (Phi) is 6.46. The molecule has 0 saturated carbocycles. The first kappa shape index (κ1) is 21.0. The average molecular weight is 417 g/mol. The summed E-state index contributed by atoms with van der Waals surface area (Å²) in [4.78, 5) is 11.3. The van der Waals surface area contributed by atoms with E-state index in [0.29, 0.717) is 0 Å². The molecule has 156 valence electrons. The van der Waals surface area contributed by atoms with Gasteiger partial charge in [0.05, 0.1) is 5.69 Å². The molecular weight excluding hydrogens is 399 g/mol. The molecule has 0 atom stereocenters. The Morgan fingerprint density at radius 2 is 1.37 bits per heavy atom. The van der Waals surface area contributed by atoms with Crippen LogP contribution in [0, 0.1) is 0 Å². The molecule has 0 spiro atoms. The van der Waals surface area contributed by atoms with Gasteiger partial charge in [0.2, 0.25) is 0 Å². The minimum absolute atomic E-state index is 0.0268. The number of hydrogen-bond acceptors (Lipinski definition) is 5. The summed E-state index contributed by atoms with van der Waals surface area (Å²) in [5, 5.41) is 0. The number of carbonyl (C=O) groups excluding carboxylic acids is 1. The van der Waals surface area contributed by atoms with Gasteiger partial charge in [-0.05, 0) is 11.1 Å². The van der Waals surface area contributed by atoms with Crippen LogP contribution in [0.1, 0.15) is 11.1 Å². The van der Waals surface area contributed by atoms with Crippen molar-refractivity contribution in [2.45, 2.75) is 19.4 Å². The minimum Gasteiger partial charge on any atom is -0.489 e. The van der Waals surface area contributed by atoms with E-state index in [9.17, 15) is 18.0 Å². The Hall–Kier alpha value is -3.68. The first-order chi connectivity index (χ1) is 14.3. The number of esters is 1. The Balaban J connectivity index is 1.85. The molecule has 0 aliphatic rings. The van der Waals surface area contributed by atoms with E-state index in [1.165, 1.54) is 12.1 Å². The predicted octanol–water partition coefficient (Wildman–Crippen LogP) is 4.89. The van der Waals surface area contributed by atoms with Gasteiger partial charge in [0.15, 0.2) is 11.5 Å². The highest BCUT2D eigenvalue weighted by molar-refractivity contribution is 5.81. The average Bonchev–Trinajstić information content (AvgIpc) is 2.73. The normalized spacial score (nSPS) is 11.0. The number of carbonyl (C=O) groups is 1. The second-order valence-electron chi connectivity index (χ2n) is 6.28. The molecule has 0 heterocycles. The van der Waals surface area contributed by atoms with Gasteiger partial charge in [0.25, 0.3) is 0 Å². The van der Waals surface area contributed by atoms with E-state index in [0.717, 1.165) is 11.1 Å². The third-order valence-corrected chi connectivity index (χ3v) is 3.97. The van der Waals surface area contributed by atoms with E-state index < -0.39 is 17.9 Å². The Bertz CT molecular complexity index is 993. The smallest absolute Gasteiger partial charge is 0.489 e. The van der Waals surface area contributed by atoms with Crippen molar-refractivity contribution < 1.29 is 32.2 Å². The standard InChI is InChI=1S/C22H18F3NO4/c23-22(24,25)21(27)30-20-18(26)11-17(28-13-15-7-3-1-4-8-15)12-19(20)29-14-16-9-5-2-6-10-16/h1-12H,13-14,26H2. The largest absolute Gasteiger partial charge is 0.491 e. The summed E-state index contributed by atoms with van der Waals surface area (Å²) in [6.45, 7) is 0.235. The van der Waals surface area contributed by atoms with E-state index in [4.69, 9.17) is 15.2 Å². The molecule has 5 nitrogen and oxygen atoms in total. The van der Waals surface area contributed by atoms with Crippen LogP contribution in [0.3, 0.4) is 0 Å². The molecule has 3 aromatic rings. The molecule has 0 radical (unpaired) electrons.